The molecule has 0 radical (unpaired) electrons. The summed E-state index contributed by atoms with van der Waals surface area (Å²) >= 11 is 0. The molecule has 2 fully saturated rings. The zero-order valence-corrected chi connectivity index (χ0v) is 19.2. The smallest absolute Gasteiger partial charge is 0.307 e. The van der Waals surface area contributed by atoms with Gasteiger partial charge in [-0.05, 0) is 78.6 Å². The quantitative estimate of drug-likeness (QED) is 0.527. The molecule has 0 heterocycles. The maximum absolute atomic E-state index is 12.5. The lowest BCUT2D eigenvalue weighted by Crippen LogP contribution is -2.50. The highest BCUT2D eigenvalue weighted by molar-refractivity contribution is 5.90. The lowest BCUT2D eigenvalue weighted by Gasteiger charge is -2.53. The molecule has 0 aromatic carbocycles. The molecule has 3 rings (SSSR count). The fraction of sp³-hybridized carbons (Fsp3) is 0.846. The summed E-state index contributed by atoms with van der Waals surface area (Å²) < 4.78 is 0. The van der Waals surface area contributed by atoms with E-state index in [2.05, 4.69) is 34.6 Å². The molecule has 0 aromatic rings. The van der Waals surface area contributed by atoms with Gasteiger partial charge in [-0.3, -0.25) is 9.59 Å². The lowest BCUT2D eigenvalue weighted by molar-refractivity contribution is -0.156. The third-order valence-electron chi connectivity index (χ3n) is 9.16. The molecule has 0 unspecified atom stereocenters. The van der Waals surface area contributed by atoms with Crippen LogP contribution in [0.2, 0.25) is 0 Å². The van der Waals surface area contributed by atoms with Crippen molar-refractivity contribution in [3.05, 3.63) is 12.2 Å². The van der Waals surface area contributed by atoms with E-state index < -0.39 is 5.97 Å². The molecule has 3 aliphatic rings. The highest BCUT2D eigenvalue weighted by atomic mass is 16.4. The average Bonchev–Trinajstić information content (AvgIpc) is 3.00. The Kier molecular flexibility index (Phi) is 6.65. The van der Waals surface area contributed by atoms with Gasteiger partial charge in [-0.1, -0.05) is 60.0 Å². The van der Waals surface area contributed by atoms with Crippen LogP contribution in [0.4, 0.5) is 0 Å². The molecule has 3 heteroatoms. The molecule has 1 N–H and O–H groups in total. The average molecular weight is 403 g/mol. The first-order valence-electron chi connectivity index (χ1n) is 12.0. The van der Waals surface area contributed by atoms with Crippen molar-refractivity contribution in [2.75, 3.05) is 0 Å². The second-order valence-corrected chi connectivity index (χ2v) is 11.4. The molecule has 164 valence electrons. The maximum atomic E-state index is 12.5. The molecule has 3 aliphatic carbocycles. The van der Waals surface area contributed by atoms with E-state index in [0.29, 0.717) is 18.3 Å². The molecule has 3 nitrogen and oxygen atoms in total. The zero-order chi connectivity index (χ0) is 21.4. The van der Waals surface area contributed by atoms with Gasteiger partial charge in [0.15, 0.2) is 5.78 Å². The molecule has 0 aromatic heterocycles. The Hall–Kier alpha value is -1.12. The second-order valence-electron chi connectivity index (χ2n) is 11.4. The molecule has 0 amide bonds. The minimum absolute atomic E-state index is 0.150. The fourth-order valence-corrected chi connectivity index (χ4v) is 7.40. The van der Waals surface area contributed by atoms with Crippen molar-refractivity contribution in [3.8, 4) is 0 Å². The van der Waals surface area contributed by atoms with Crippen LogP contribution in [0, 0.1) is 46.3 Å². The zero-order valence-electron chi connectivity index (χ0n) is 19.2. The van der Waals surface area contributed by atoms with Gasteiger partial charge < -0.3 is 5.11 Å². The third kappa shape index (κ3) is 4.35. The van der Waals surface area contributed by atoms with Crippen LogP contribution in [-0.4, -0.2) is 16.9 Å². The van der Waals surface area contributed by atoms with Crippen molar-refractivity contribution < 1.29 is 14.7 Å². The number of fused-ring (bicyclic) bond motifs is 1. The summed E-state index contributed by atoms with van der Waals surface area (Å²) in [4.78, 5) is 24.3. The molecule has 2 saturated carbocycles. The third-order valence-corrected chi connectivity index (χ3v) is 9.16. The molecule has 0 spiro atoms. The molecular formula is C26H42O3. The minimum Gasteiger partial charge on any atom is -0.481 e. The minimum atomic E-state index is -0.606. The summed E-state index contributed by atoms with van der Waals surface area (Å²) in [7, 11) is 0. The van der Waals surface area contributed by atoms with Crippen LogP contribution >= 0.6 is 0 Å². The standard InChI is InChI=1S/C26H42O3/c1-17(2)7-6-8-18(3)20-9-10-22-23(24(28)29)21(13-16-26(20,22)5)25(4)14-11-19(27)12-15-25/h11,14,17-18,20-23H,6-10,12-13,15-16H2,1-5H3,(H,28,29)/t18-,20-,21+,22+,23+,25-,26-/m1/s1. The molecule has 7 atom stereocenters. The predicted molar refractivity (Wildman–Crippen MR) is 118 cm³/mol. The first kappa shape index (κ1) is 22.6. The molecular weight excluding hydrogens is 360 g/mol. The fourth-order valence-electron chi connectivity index (χ4n) is 7.40. The molecule has 0 bridgehead atoms. The Bertz CT molecular complexity index is 650. The van der Waals surface area contributed by atoms with Crippen LogP contribution in [0.25, 0.3) is 0 Å². The monoisotopic (exact) mass is 402 g/mol. The first-order valence-corrected chi connectivity index (χ1v) is 12.0. The summed E-state index contributed by atoms with van der Waals surface area (Å²) in [5.74, 6) is 1.83. The van der Waals surface area contributed by atoms with Crippen LogP contribution in [0.5, 0.6) is 0 Å². The molecule has 29 heavy (non-hydrogen) atoms. The van der Waals surface area contributed by atoms with Gasteiger partial charge >= 0.3 is 5.97 Å². The number of ketones is 1. The SMILES string of the molecule is CC(C)CCC[C@@H](C)[C@H]1CC[C@H]2[C@@H](C(=O)O)[C@@H]([C@]3(C)C=CC(=O)CC3)CC[C@]12C. The van der Waals surface area contributed by atoms with Gasteiger partial charge in [0.1, 0.15) is 0 Å². The van der Waals surface area contributed by atoms with Gasteiger partial charge in [0, 0.05) is 6.42 Å². The largest absolute Gasteiger partial charge is 0.481 e. The van der Waals surface area contributed by atoms with Crippen molar-refractivity contribution in [2.24, 2.45) is 46.3 Å². The Balaban J connectivity index is 1.79. The van der Waals surface area contributed by atoms with Crippen molar-refractivity contribution in [2.45, 2.75) is 92.4 Å². The van der Waals surface area contributed by atoms with Crippen LogP contribution in [0.15, 0.2) is 12.2 Å². The van der Waals surface area contributed by atoms with Gasteiger partial charge in [0.25, 0.3) is 0 Å². The second kappa shape index (κ2) is 8.55. The van der Waals surface area contributed by atoms with E-state index in [-0.39, 0.29) is 34.4 Å². The van der Waals surface area contributed by atoms with E-state index in [0.717, 1.165) is 31.6 Å². The topological polar surface area (TPSA) is 54.4 Å². The summed E-state index contributed by atoms with van der Waals surface area (Å²) in [5.41, 5.74) is 0.000623. The van der Waals surface area contributed by atoms with Crippen LogP contribution in [0.1, 0.15) is 92.4 Å². The highest BCUT2D eigenvalue weighted by Gasteiger charge is 2.59. The van der Waals surface area contributed by atoms with Gasteiger partial charge in [0.05, 0.1) is 5.92 Å². The highest BCUT2D eigenvalue weighted by Crippen LogP contribution is 2.64. The number of rotatable bonds is 7. The molecule has 0 saturated heterocycles. The first-order chi connectivity index (χ1) is 13.6. The van der Waals surface area contributed by atoms with Crippen molar-refractivity contribution >= 4 is 11.8 Å². The lowest BCUT2D eigenvalue weighted by atomic mass is 9.51. The van der Waals surface area contributed by atoms with Crippen LogP contribution in [0.3, 0.4) is 0 Å². The number of allylic oxidation sites excluding steroid dienone is 2. The molecule has 0 aliphatic heterocycles. The van der Waals surface area contributed by atoms with Crippen molar-refractivity contribution in [1.82, 2.24) is 0 Å². The van der Waals surface area contributed by atoms with Crippen molar-refractivity contribution in [3.63, 3.8) is 0 Å². The predicted octanol–water partition coefficient (Wildman–Crippen LogP) is 6.52. The summed E-state index contributed by atoms with van der Waals surface area (Å²) in [6, 6.07) is 0. The van der Waals surface area contributed by atoms with E-state index >= 15 is 0 Å². The van der Waals surface area contributed by atoms with Gasteiger partial charge in [0.2, 0.25) is 0 Å². The van der Waals surface area contributed by atoms with Gasteiger partial charge in [-0.15, -0.1) is 0 Å². The van der Waals surface area contributed by atoms with E-state index in [1.54, 1.807) is 6.08 Å². The number of hydrogen-bond donors (Lipinski definition) is 1. The van der Waals surface area contributed by atoms with Crippen LogP contribution < -0.4 is 0 Å². The maximum Gasteiger partial charge on any atom is 0.307 e. The Morgan fingerprint density at radius 3 is 2.41 bits per heavy atom. The van der Waals surface area contributed by atoms with E-state index in [9.17, 15) is 14.7 Å². The number of aliphatic carboxylic acids is 1. The number of carbonyl (C=O) groups excluding carboxylic acids is 1. The Morgan fingerprint density at radius 2 is 1.83 bits per heavy atom. The Morgan fingerprint density at radius 1 is 1.10 bits per heavy atom. The number of carbonyl (C=O) groups is 2. The normalized spacial score (nSPS) is 40.8. The summed E-state index contributed by atoms with van der Waals surface area (Å²) in [6.45, 7) is 11.6. The number of carboxylic acid groups (broad SMARTS) is 1. The van der Waals surface area contributed by atoms with E-state index in [1.165, 1.54) is 25.7 Å². The van der Waals surface area contributed by atoms with Crippen molar-refractivity contribution in [1.29, 1.82) is 0 Å². The van der Waals surface area contributed by atoms with Crippen LogP contribution in [-0.2, 0) is 9.59 Å². The Labute approximate surface area is 177 Å². The summed E-state index contributed by atoms with van der Waals surface area (Å²) in [5, 5.41) is 10.3. The van der Waals surface area contributed by atoms with Gasteiger partial charge in [-0.2, -0.15) is 0 Å². The summed E-state index contributed by atoms with van der Waals surface area (Å²) in [6.07, 6.45) is 13.3. The van der Waals surface area contributed by atoms with Gasteiger partial charge in [-0.25, -0.2) is 0 Å². The van der Waals surface area contributed by atoms with E-state index in [1.807, 2.05) is 6.08 Å². The van der Waals surface area contributed by atoms with E-state index in [4.69, 9.17) is 0 Å². The number of carboxylic acids is 1. The number of hydrogen-bond acceptors (Lipinski definition) is 2.